The number of hydrogen-bond donors (Lipinski definition) is 1. The van der Waals surface area contributed by atoms with Gasteiger partial charge < -0.3 is 5.32 Å². The van der Waals surface area contributed by atoms with Crippen LogP contribution in [0, 0.1) is 12.7 Å². The summed E-state index contributed by atoms with van der Waals surface area (Å²) in [6.45, 7) is 2.83. The first-order valence-electron chi connectivity index (χ1n) is 4.77. The Morgan fingerprint density at radius 2 is 2.31 bits per heavy atom. The largest absolute Gasteiger partial charge is 0.310 e. The van der Waals surface area contributed by atoms with Gasteiger partial charge in [-0.25, -0.2) is 4.39 Å². The van der Waals surface area contributed by atoms with Crippen molar-refractivity contribution in [3.63, 3.8) is 0 Å². The Morgan fingerprint density at radius 3 is 3.00 bits per heavy atom. The van der Waals surface area contributed by atoms with E-state index in [4.69, 9.17) is 0 Å². The van der Waals surface area contributed by atoms with Crippen molar-refractivity contribution in [2.75, 3.05) is 6.54 Å². The van der Waals surface area contributed by atoms with E-state index in [2.05, 4.69) is 5.32 Å². The van der Waals surface area contributed by atoms with Crippen molar-refractivity contribution in [2.45, 2.75) is 25.8 Å². The van der Waals surface area contributed by atoms with E-state index < -0.39 is 0 Å². The van der Waals surface area contributed by atoms with Crippen molar-refractivity contribution in [1.82, 2.24) is 5.32 Å². The van der Waals surface area contributed by atoms with Gasteiger partial charge in [0.2, 0.25) is 0 Å². The number of benzene rings is 1. The monoisotopic (exact) mass is 179 g/mol. The highest BCUT2D eigenvalue weighted by atomic mass is 19.1. The van der Waals surface area contributed by atoms with Gasteiger partial charge in [0.25, 0.3) is 0 Å². The first-order chi connectivity index (χ1) is 6.29. The summed E-state index contributed by atoms with van der Waals surface area (Å²) in [4.78, 5) is 0. The van der Waals surface area contributed by atoms with Crippen LogP contribution in [0.4, 0.5) is 4.39 Å². The fraction of sp³-hybridized carbons (Fsp3) is 0.455. The molecule has 0 saturated carbocycles. The number of nitrogens with one attached hydrogen (secondary N) is 1. The molecule has 1 aliphatic heterocycles. The Labute approximate surface area is 78.0 Å². The van der Waals surface area contributed by atoms with Crippen LogP contribution in [0.5, 0.6) is 0 Å². The van der Waals surface area contributed by atoms with Crippen LogP contribution in [0.2, 0.25) is 0 Å². The maximum atomic E-state index is 13.6. The number of halogens is 1. The van der Waals surface area contributed by atoms with E-state index in [1.807, 2.05) is 25.1 Å². The Kier molecular flexibility index (Phi) is 2.32. The summed E-state index contributed by atoms with van der Waals surface area (Å²) in [6.07, 6.45) is 2.21. The van der Waals surface area contributed by atoms with Gasteiger partial charge in [-0.1, -0.05) is 18.2 Å². The summed E-state index contributed by atoms with van der Waals surface area (Å²) < 4.78 is 13.6. The molecule has 1 aromatic carbocycles. The van der Waals surface area contributed by atoms with Crippen LogP contribution in [-0.4, -0.2) is 6.54 Å². The second-order valence-corrected chi connectivity index (χ2v) is 3.63. The summed E-state index contributed by atoms with van der Waals surface area (Å²) in [5.41, 5.74) is 1.57. The summed E-state index contributed by atoms with van der Waals surface area (Å²) >= 11 is 0. The molecular weight excluding hydrogens is 165 g/mol. The summed E-state index contributed by atoms with van der Waals surface area (Å²) in [5, 5.41) is 3.30. The highest BCUT2D eigenvalue weighted by Crippen LogP contribution is 2.26. The molecule has 0 radical (unpaired) electrons. The second-order valence-electron chi connectivity index (χ2n) is 3.63. The van der Waals surface area contributed by atoms with Crippen molar-refractivity contribution in [3.8, 4) is 0 Å². The minimum Gasteiger partial charge on any atom is -0.310 e. The molecule has 0 aliphatic carbocycles. The minimum atomic E-state index is -0.0399. The third-order valence-corrected chi connectivity index (χ3v) is 2.66. The quantitative estimate of drug-likeness (QED) is 0.698. The van der Waals surface area contributed by atoms with Crippen molar-refractivity contribution >= 4 is 0 Å². The van der Waals surface area contributed by atoms with Crippen molar-refractivity contribution in [1.29, 1.82) is 0 Å². The predicted octanol–water partition coefficient (Wildman–Crippen LogP) is 2.56. The smallest absolute Gasteiger partial charge is 0.130 e. The fourth-order valence-corrected chi connectivity index (χ4v) is 1.89. The zero-order valence-electron chi connectivity index (χ0n) is 7.81. The molecule has 1 atom stereocenters. The van der Waals surface area contributed by atoms with Gasteiger partial charge in [-0.05, 0) is 31.9 Å². The standard InChI is InChI=1S/C11H14FN/c1-8-4-2-5-9(11(8)12)10-6-3-7-13-10/h2,4-5,10,13H,3,6-7H2,1H3. The second kappa shape index (κ2) is 3.46. The molecule has 2 heteroatoms. The van der Waals surface area contributed by atoms with Gasteiger partial charge in [0.15, 0.2) is 0 Å². The Balaban J connectivity index is 2.33. The van der Waals surface area contributed by atoms with Crippen LogP contribution in [-0.2, 0) is 0 Å². The van der Waals surface area contributed by atoms with Gasteiger partial charge in [-0.3, -0.25) is 0 Å². The summed E-state index contributed by atoms with van der Waals surface area (Å²) in [6, 6.07) is 5.85. The first kappa shape index (κ1) is 8.70. The third kappa shape index (κ3) is 1.59. The molecule has 0 bridgehead atoms. The maximum Gasteiger partial charge on any atom is 0.130 e. The number of aryl methyl sites for hydroxylation is 1. The lowest BCUT2D eigenvalue weighted by Gasteiger charge is -2.12. The molecule has 2 rings (SSSR count). The van der Waals surface area contributed by atoms with E-state index in [-0.39, 0.29) is 11.9 Å². The van der Waals surface area contributed by atoms with Gasteiger partial charge in [0, 0.05) is 11.6 Å². The van der Waals surface area contributed by atoms with Gasteiger partial charge in [-0.2, -0.15) is 0 Å². The molecular formula is C11H14FN. The van der Waals surface area contributed by atoms with E-state index in [1.54, 1.807) is 0 Å². The third-order valence-electron chi connectivity index (χ3n) is 2.66. The molecule has 1 nitrogen and oxygen atoms in total. The van der Waals surface area contributed by atoms with Crippen LogP contribution in [0.15, 0.2) is 18.2 Å². The minimum absolute atomic E-state index is 0.0399. The number of hydrogen-bond acceptors (Lipinski definition) is 1. The maximum absolute atomic E-state index is 13.6. The van der Waals surface area contributed by atoms with Crippen molar-refractivity contribution < 1.29 is 4.39 Å². The van der Waals surface area contributed by atoms with Gasteiger partial charge >= 0.3 is 0 Å². The van der Waals surface area contributed by atoms with Crippen LogP contribution >= 0.6 is 0 Å². The predicted molar refractivity (Wildman–Crippen MR) is 51.1 cm³/mol. The lowest BCUT2D eigenvalue weighted by atomic mass is 10.0. The molecule has 0 amide bonds. The van der Waals surface area contributed by atoms with Crippen molar-refractivity contribution in [3.05, 3.63) is 35.1 Å². The van der Waals surface area contributed by atoms with E-state index in [1.165, 1.54) is 0 Å². The highest BCUT2D eigenvalue weighted by molar-refractivity contribution is 5.28. The molecule has 70 valence electrons. The zero-order valence-corrected chi connectivity index (χ0v) is 7.81. The normalized spacial score (nSPS) is 22.2. The molecule has 1 fully saturated rings. The first-order valence-corrected chi connectivity index (χ1v) is 4.77. The molecule has 0 aromatic heterocycles. The van der Waals surface area contributed by atoms with Crippen LogP contribution in [0.25, 0.3) is 0 Å². The highest BCUT2D eigenvalue weighted by Gasteiger charge is 2.19. The summed E-state index contributed by atoms with van der Waals surface area (Å²) in [5.74, 6) is -0.0399. The Bertz CT molecular complexity index is 303. The van der Waals surface area contributed by atoms with Gasteiger partial charge in [0.05, 0.1) is 0 Å². The molecule has 1 aliphatic rings. The molecule has 1 aromatic rings. The molecule has 1 heterocycles. The van der Waals surface area contributed by atoms with Crippen LogP contribution < -0.4 is 5.32 Å². The molecule has 0 spiro atoms. The van der Waals surface area contributed by atoms with Gasteiger partial charge in [-0.15, -0.1) is 0 Å². The lowest BCUT2D eigenvalue weighted by molar-refractivity contribution is 0.553. The Hall–Kier alpha value is -0.890. The average molecular weight is 179 g/mol. The van der Waals surface area contributed by atoms with E-state index in [9.17, 15) is 4.39 Å². The van der Waals surface area contributed by atoms with E-state index >= 15 is 0 Å². The SMILES string of the molecule is Cc1cccc(C2CCCN2)c1F. The molecule has 1 unspecified atom stereocenters. The Morgan fingerprint density at radius 1 is 1.46 bits per heavy atom. The topological polar surface area (TPSA) is 12.0 Å². The molecule has 1 N–H and O–H groups in total. The van der Waals surface area contributed by atoms with Gasteiger partial charge in [0.1, 0.15) is 5.82 Å². The lowest BCUT2D eigenvalue weighted by Crippen LogP contribution is -2.14. The zero-order chi connectivity index (χ0) is 9.26. The summed E-state index contributed by atoms with van der Waals surface area (Å²) in [7, 11) is 0. The molecule has 13 heavy (non-hydrogen) atoms. The molecule has 1 saturated heterocycles. The van der Waals surface area contributed by atoms with Crippen molar-refractivity contribution in [2.24, 2.45) is 0 Å². The van der Waals surface area contributed by atoms with Crippen LogP contribution in [0.1, 0.15) is 30.0 Å². The average Bonchev–Trinajstić information content (AvgIpc) is 2.62. The van der Waals surface area contributed by atoms with Crippen LogP contribution in [0.3, 0.4) is 0 Å². The fourth-order valence-electron chi connectivity index (χ4n) is 1.89. The number of rotatable bonds is 1. The van der Waals surface area contributed by atoms with E-state index in [0.717, 1.165) is 30.5 Å². The van der Waals surface area contributed by atoms with E-state index in [0.29, 0.717) is 0 Å².